The van der Waals surface area contributed by atoms with Crippen LogP contribution in [0.3, 0.4) is 0 Å². The van der Waals surface area contributed by atoms with Gasteiger partial charge in [-0.2, -0.15) is 0 Å². The Balaban J connectivity index is 2.29. The molecule has 0 aromatic heterocycles. The highest BCUT2D eigenvalue weighted by Gasteiger charge is 2.05. The molecule has 0 fully saturated rings. The minimum Gasteiger partial charge on any atom is -0.491 e. The number of ether oxygens (including phenoxy) is 2. The van der Waals surface area contributed by atoms with Crippen molar-refractivity contribution in [2.45, 2.75) is 32.6 Å². The molecule has 0 heterocycles. The summed E-state index contributed by atoms with van der Waals surface area (Å²) in [5.74, 6) is 0.762. The summed E-state index contributed by atoms with van der Waals surface area (Å²) in [5, 5.41) is 12.9. The largest absolute Gasteiger partial charge is 0.491 e. The molecule has 0 aliphatic carbocycles. The zero-order valence-electron chi connectivity index (χ0n) is 11.3. The van der Waals surface area contributed by atoms with E-state index in [0.29, 0.717) is 25.8 Å². The predicted octanol–water partition coefficient (Wildman–Crippen LogP) is 1.57. The molecule has 0 aliphatic rings. The van der Waals surface area contributed by atoms with Crippen molar-refractivity contribution in [1.82, 2.24) is 5.32 Å². The van der Waals surface area contributed by atoms with Crippen molar-refractivity contribution in [3.05, 3.63) is 29.8 Å². The minimum absolute atomic E-state index is 0.295. The molecule has 0 saturated heterocycles. The molecule has 4 heteroatoms. The first-order chi connectivity index (χ1) is 8.61. The number of rotatable bonds is 8. The highest BCUT2D eigenvalue weighted by atomic mass is 16.5. The fourth-order valence-corrected chi connectivity index (χ4v) is 1.47. The molecule has 2 N–H and O–H groups in total. The van der Waals surface area contributed by atoms with Gasteiger partial charge in [-0.15, -0.1) is 0 Å². The van der Waals surface area contributed by atoms with Crippen LogP contribution in [0.2, 0.25) is 0 Å². The van der Waals surface area contributed by atoms with Crippen LogP contribution in [0.5, 0.6) is 5.75 Å². The summed E-state index contributed by atoms with van der Waals surface area (Å²) in [7, 11) is 1.67. The Bertz CT molecular complexity index is 324. The highest BCUT2D eigenvalue weighted by Crippen LogP contribution is 2.12. The second kappa shape index (κ2) is 8.08. The van der Waals surface area contributed by atoms with Crippen molar-refractivity contribution >= 4 is 0 Å². The molecule has 1 aromatic carbocycles. The quantitative estimate of drug-likeness (QED) is 0.738. The summed E-state index contributed by atoms with van der Waals surface area (Å²) in [6, 6.07) is 8.05. The van der Waals surface area contributed by atoms with E-state index in [0.717, 1.165) is 11.3 Å². The van der Waals surface area contributed by atoms with E-state index in [1.807, 2.05) is 38.1 Å². The Morgan fingerprint density at radius 2 is 1.89 bits per heavy atom. The van der Waals surface area contributed by atoms with Crippen LogP contribution < -0.4 is 10.1 Å². The predicted molar refractivity (Wildman–Crippen MR) is 71.8 cm³/mol. The van der Waals surface area contributed by atoms with E-state index >= 15 is 0 Å². The van der Waals surface area contributed by atoms with Crippen molar-refractivity contribution in [2.75, 3.05) is 20.3 Å². The fourth-order valence-electron chi connectivity index (χ4n) is 1.47. The van der Waals surface area contributed by atoms with Gasteiger partial charge in [0.05, 0.1) is 6.61 Å². The molecule has 1 rings (SSSR count). The van der Waals surface area contributed by atoms with Crippen LogP contribution in [-0.2, 0) is 11.3 Å². The summed E-state index contributed by atoms with van der Waals surface area (Å²) in [6.45, 7) is 5.52. The highest BCUT2D eigenvalue weighted by molar-refractivity contribution is 5.26. The molecule has 18 heavy (non-hydrogen) atoms. The van der Waals surface area contributed by atoms with Gasteiger partial charge in [-0.3, -0.25) is 0 Å². The maximum Gasteiger partial charge on any atom is 0.119 e. The average Bonchev–Trinajstić information content (AvgIpc) is 2.36. The SMILES string of the molecule is COCc1ccc(OCC(O)CNC(C)C)cc1. The van der Waals surface area contributed by atoms with Gasteiger partial charge >= 0.3 is 0 Å². The van der Waals surface area contributed by atoms with Gasteiger partial charge in [0, 0.05) is 19.7 Å². The van der Waals surface area contributed by atoms with Gasteiger partial charge in [-0.25, -0.2) is 0 Å². The molecular weight excluding hydrogens is 230 g/mol. The summed E-state index contributed by atoms with van der Waals surface area (Å²) >= 11 is 0. The lowest BCUT2D eigenvalue weighted by molar-refractivity contribution is 0.104. The molecule has 0 amide bonds. The number of hydrogen-bond acceptors (Lipinski definition) is 4. The van der Waals surface area contributed by atoms with E-state index < -0.39 is 6.10 Å². The van der Waals surface area contributed by atoms with Gasteiger partial charge < -0.3 is 19.9 Å². The van der Waals surface area contributed by atoms with Gasteiger partial charge in [0.25, 0.3) is 0 Å². The summed E-state index contributed by atoms with van der Waals surface area (Å²) in [4.78, 5) is 0. The normalized spacial score (nSPS) is 12.7. The monoisotopic (exact) mass is 253 g/mol. The second-order valence-electron chi connectivity index (χ2n) is 4.60. The van der Waals surface area contributed by atoms with Crippen molar-refractivity contribution in [3.63, 3.8) is 0 Å². The van der Waals surface area contributed by atoms with Crippen LogP contribution in [-0.4, -0.2) is 37.5 Å². The van der Waals surface area contributed by atoms with Crippen molar-refractivity contribution < 1.29 is 14.6 Å². The fraction of sp³-hybridized carbons (Fsp3) is 0.571. The standard InChI is InChI=1S/C14H23NO3/c1-11(2)15-8-13(16)10-18-14-6-4-12(5-7-14)9-17-3/h4-7,11,13,15-16H,8-10H2,1-3H3. The van der Waals surface area contributed by atoms with E-state index in [4.69, 9.17) is 9.47 Å². The summed E-state index contributed by atoms with van der Waals surface area (Å²) < 4.78 is 10.5. The average molecular weight is 253 g/mol. The van der Waals surface area contributed by atoms with Gasteiger partial charge in [-0.05, 0) is 17.7 Å². The van der Waals surface area contributed by atoms with Crippen molar-refractivity contribution in [1.29, 1.82) is 0 Å². The summed E-state index contributed by atoms with van der Waals surface area (Å²) in [5.41, 5.74) is 1.10. The van der Waals surface area contributed by atoms with Crippen LogP contribution in [0.25, 0.3) is 0 Å². The Hall–Kier alpha value is -1.10. The van der Waals surface area contributed by atoms with E-state index in [1.54, 1.807) is 7.11 Å². The molecule has 1 unspecified atom stereocenters. The maximum absolute atomic E-state index is 9.69. The first kappa shape index (κ1) is 15.0. The number of nitrogens with one attached hydrogen (secondary N) is 1. The Labute approximate surface area is 109 Å². The van der Waals surface area contributed by atoms with Crippen LogP contribution in [0.4, 0.5) is 0 Å². The summed E-state index contributed by atoms with van der Waals surface area (Å²) in [6.07, 6.45) is -0.494. The number of aliphatic hydroxyl groups is 1. The lowest BCUT2D eigenvalue weighted by Gasteiger charge is -2.15. The number of hydrogen-bond donors (Lipinski definition) is 2. The van der Waals surface area contributed by atoms with Gasteiger partial charge in [0.2, 0.25) is 0 Å². The molecule has 0 aliphatic heterocycles. The number of benzene rings is 1. The van der Waals surface area contributed by atoms with Crippen molar-refractivity contribution in [2.24, 2.45) is 0 Å². The number of methoxy groups -OCH3 is 1. The lowest BCUT2D eigenvalue weighted by atomic mass is 10.2. The van der Waals surface area contributed by atoms with Gasteiger partial charge in [-0.1, -0.05) is 26.0 Å². The smallest absolute Gasteiger partial charge is 0.119 e. The van der Waals surface area contributed by atoms with E-state index in [2.05, 4.69) is 5.32 Å². The lowest BCUT2D eigenvalue weighted by Crippen LogP contribution is -2.35. The Kier molecular flexibility index (Phi) is 6.72. The van der Waals surface area contributed by atoms with Gasteiger partial charge in [0.15, 0.2) is 0 Å². The molecule has 1 aromatic rings. The third kappa shape index (κ3) is 6.00. The minimum atomic E-state index is -0.494. The first-order valence-corrected chi connectivity index (χ1v) is 6.24. The first-order valence-electron chi connectivity index (χ1n) is 6.24. The third-order valence-electron chi connectivity index (χ3n) is 2.44. The maximum atomic E-state index is 9.69. The topological polar surface area (TPSA) is 50.7 Å². The molecule has 0 spiro atoms. The second-order valence-corrected chi connectivity index (χ2v) is 4.60. The van der Waals surface area contributed by atoms with E-state index in [-0.39, 0.29) is 0 Å². The molecule has 0 radical (unpaired) electrons. The molecule has 0 bridgehead atoms. The zero-order valence-corrected chi connectivity index (χ0v) is 11.3. The van der Waals surface area contributed by atoms with Crippen molar-refractivity contribution in [3.8, 4) is 5.75 Å². The van der Waals surface area contributed by atoms with Crippen LogP contribution in [0.15, 0.2) is 24.3 Å². The third-order valence-corrected chi connectivity index (χ3v) is 2.44. The Morgan fingerprint density at radius 1 is 1.22 bits per heavy atom. The molecular formula is C14H23NO3. The van der Waals surface area contributed by atoms with E-state index in [9.17, 15) is 5.11 Å². The van der Waals surface area contributed by atoms with Crippen LogP contribution in [0, 0.1) is 0 Å². The van der Waals surface area contributed by atoms with E-state index in [1.165, 1.54) is 0 Å². The number of aliphatic hydroxyl groups excluding tert-OH is 1. The molecule has 4 nitrogen and oxygen atoms in total. The molecule has 102 valence electrons. The molecule has 1 atom stereocenters. The van der Waals surface area contributed by atoms with Gasteiger partial charge in [0.1, 0.15) is 18.5 Å². The van der Waals surface area contributed by atoms with Crippen LogP contribution >= 0.6 is 0 Å². The zero-order chi connectivity index (χ0) is 13.4. The molecule has 0 saturated carbocycles. The van der Waals surface area contributed by atoms with Crippen LogP contribution in [0.1, 0.15) is 19.4 Å². The Morgan fingerprint density at radius 3 is 2.44 bits per heavy atom.